The predicted octanol–water partition coefficient (Wildman–Crippen LogP) is 3.54. The SMILES string of the molecule is CCC(C)(C)C(=O)Nc1ccc(C)c(S(=O)(=O)N2CCCCC2)c1. The van der Waals surface area contributed by atoms with E-state index in [0.29, 0.717) is 30.8 Å². The maximum atomic E-state index is 12.9. The summed E-state index contributed by atoms with van der Waals surface area (Å²) in [5.41, 5.74) is 0.743. The normalized spacial score (nSPS) is 16.8. The molecule has 0 aliphatic carbocycles. The molecule has 0 saturated carbocycles. The van der Waals surface area contributed by atoms with Crippen molar-refractivity contribution in [3.05, 3.63) is 23.8 Å². The number of hydrogen-bond donors (Lipinski definition) is 1. The van der Waals surface area contributed by atoms with E-state index in [0.717, 1.165) is 19.3 Å². The Morgan fingerprint density at radius 3 is 2.42 bits per heavy atom. The highest BCUT2D eigenvalue weighted by atomic mass is 32.2. The van der Waals surface area contributed by atoms with Crippen LogP contribution >= 0.6 is 0 Å². The lowest BCUT2D eigenvalue weighted by molar-refractivity contribution is -0.124. The molecule has 5 nitrogen and oxygen atoms in total. The van der Waals surface area contributed by atoms with E-state index in [9.17, 15) is 13.2 Å². The Kier molecular flexibility index (Phi) is 5.71. The lowest BCUT2D eigenvalue weighted by atomic mass is 9.89. The van der Waals surface area contributed by atoms with Crippen molar-refractivity contribution in [1.29, 1.82) is 0 Å². The molecular formula is C18H28N2O3S. The second-order valence-electron chi connectivity index (χ2n) is 7.14. The van der Waals surface area contributed by atoms with Gasteiger partial charge in [-0.15, -0.1) is 0 Å². The van der Waals surface area contributed by atoms with Gasteiger partial charge in [-0.2, -0.15) is 4.31 Å². The topological polar surface area (TPSA) is 66.5 Å². The minimum absolute atomic E-state index is 0.102. The molecule has 0 unspecified atom stereocenters. The minimum atomic E-state index is -3.51. The van der Waals surface area contributed by atoms with E-state index in [1.165, 1.54) is 0 Å². The van der Waals surface area contributed by atoms with E-state index in [2.05, 4.69) is 5.32 Å². The molecule has 1 heterocycles. The summed E-state index contributed by atoms with van der Waals surface area (Å²) in [6, 6.07) is 5.10. The zero-order valence-corrected chi connectivity index (χ0v) is 15.9. The van der Waals surface area contributed by atoms with Gasteiger partial charge in [0.05, 0.1) is 4.90 Å². The quantitative estimate of drug-likeness (QED) is 0.881. The summed E-state index contributed by atoms with van der Waals surface area (Å²) < 4.78 is 27.4. The second-order valence-corrected chi connectivity index (χ2v) is 9.04. The monoisotopic (exact) mass is 352 g/mol. The number of amides is 1. The van der Waals surface area contributed by atoms with Gasteiger partial charge in [0.2, 0.25) is 15.9 Å². The molecule has 24 heavy (non-hydrogen) atoms. The first-order valence-corrected chi connectivity index (χ1v) is 10.0. The summed E-state index contributed by atoms with van der Waals surface area (Å²) in [6.07, 6.45) is 3.59. The fourth-order valence-corrected chi connectivity index (χ4v) is 4.43. The highest BCUT2D eigenvalue weighted by Gasteiger charge is 2.29. The van der Waals surface area contributed by atoms with Gasteiger partial charge in [-0.05, 0) is 43.9 Å². The molecule has 1 aromatic rings. The first-order chi connectivity index (χ1) is 11.2. The van der Waals surface area contributed by atoms with Gasteiger partial charge in [-0.3, -0.25) is 4.79 Å². The Bertz CT molecular complexity index is 705. The van der Waals surface area contributed by atoms with Gasteiger partial charge in [-0.1, -0.05) is 33.3 Å². The van der Waals surface area contributed by atoms with Crippen molar-refractivity contribution in [3.63, 3.8) is 0 Å². The van der Waals surface area contributed by atoms with Crippen LogP contribution in [0.1, 0.15) is 52.0 Å². The maximum Gasteiger partial charge on any atom is 0.243 e. The smallest absolute Gasteiger partial charge is 0.243 e. The van der Waals surface area contributed by atoms with E-state index >= 15 is 0 Å². The zero-order chi connectivity index (χ0) is 18.0. The van der Waals surface area contributed by atoms with Crippen LogP contribution in [0.2, 0.25) is 0 Å². The van der Waals surface area contributed by atoms with E-state index in [1.807, 2.05) is 20.8 Å². The molecule has 134 valence electrons. The van der Waals surface area contributed by atoms with Crippen LogP contribution in [0.25, 0.3) is 0 Å². The first kappa shape index (κ1) is 18.9. The van der Waals surface area contributed by atoms with Crippen LogP contribution in [0.5, 0.6) is 0 Å². The molecule has 2 rings (SSSR count). The van der Waals surface area contributed by atoms with Crippen molar-refractivity contribution in [2.75, 3.05) is 18.4 Å². The maximum absolute atomic E-state index is 12.9. The Balaban J connectivity index is 2.30. The van der Waals surface area contributed by atoms with Crippen molar-refractivity contribution in [2.24, 2.45) is 5.41 Å². The van der Waals surface area contributed by atoms with Crippen molar-refractivity contribution < 1.29 is 13.2 Å². The second kappa shape index (κ2) is 7.23. The summed E-state index contributed by atoms with van der Waals surface area (Å²) in [4.78, 5) is 12.6. The fourth-order valence-electron chi connectivity index (χ4n) is 2.66. The highest BCUT2D eigenvalue weighted by molar-refractivity contribution is 7.89. The van der Waals surface area contributed by atoms with Crippen molar-refractivity contribution in [1.82, 2.24) is 4.31 Å². The Hall–Kier alpha value is -1.40. The lowest BCUT2D eigenvalue weighted by Gasteiger charge is -2.27. The van der Waals surface area contributed by atoms with Gasteiger partial charge < -0.3 is 5.32 Å². The lowest BCUT2D eigenvalue weighted by Crippen LogP contribution is -2.36. The third kappa shape index (κ3) is 3.98. The van der Waals surface area contributed by atoms with Crippen LogP contribution in [0, 0.1) is 12.3 Å². The van der Waals surface area contributed by atoms with Crippen molar-refractivity contribution in [3.8, 4) is 0 Å². The molecule has 1 aliphatic rings. The molecular weight excluding hydrogens is 324 g/mol. The molecule has 6 heteroatoms. The van der Waals surface area contributed by atoms with Gasteiger partial charge >= 0.3 is 0 Å². The third-order valence-corrected chi connectivity index (χ3v) is 6.92. The van der Waals surface area contributed by atoms with Crippen LogP contribution in [0.15, 0.2) is 23.1 Å². The van der Waals surface area contributed by atoms with E-state index in [1.54, 1.807) is 29.4 Å². The van der Waals surface area contributed by atoms with E-state index in [4.69, 9.17) is 0 Å². The number of piperidine rings is 1. The van der Waals surface area contributed by atoms with Crippen LogP contribution in [0.3, 0.4) is 0 Å². The highest BCUT2D eigenvalue weighted by Crippen LogP contribution is 2.27. The van der Waals surface area contributed by atoms with Crippen LogP contribution in [0.4, 0.5) is 5.69 Å². The molecule has 0 radical (unpaired) electrons. The van der Waals surface area contributed by atoms with Gasteiger partial charge in [0.25, 0.3) is 0 Å². The third-order valence-electron chi connectivity index (χ3n) is 4.88. The van der Waals surface area contributed by atoms with E-state index in [-0.39, 0.29) is 10.8 Å². The molecule has 0 spiro atoms. The number of carbonyl (C=O) groups excluding carboxylic acids is 1. The summed E-state index contributed by atoms with van der Waals surface area (Å²) in [7, 11) is -3.51. The van der Waals surface area contributed by atoms with Crippen LogP contribution in [-0.2, 0) is 14.8 Å². The number of rotatable bonds is 5. The van der Waals surface area contributed by atoms with Gasteiger partial charge in [-0.25, -0.2) is 8.42 Å². The van der Waals surface area contributed by atoms with Crippen LogP contribution in [-0.4, -0.2) is 31.7 Å². The number of aryl methyl sites for hydroxylation is 1. The number of benzene rings is 1. The Morgan fingerprint density at radius 2 is 1.83 bits per heavy atom. The largest absolute Gasteiger partial charge is 0.326 e. The molecule has 1 amide bonds. The molecule has 0 atom stereocenters. The summed E-state index contributed by atoms with van der Waals surface area (Å²) in [6.45, 7) is 8.64. The fraction of sp³-hybridized carbons (Fsp3) is 0.611. The number of hydrogen-bond acceptors (Lipinski definition) is 3. The standard InChI is InChI=1S/C18H28N2O3S/c1-5-18(3,4)17(21)19-15-10-9-14(2)16(13-15)24(22,23)20-11-7-6-8-12-20/h9-10,13H,5-8,11-12H2,1-4H3,(H,19,21). The Morgan fingerprint density at radius 1 is 1.21 bits per heavy atom. The molecule has 1 saturated heterocycles. The van der Waals surface area contributed by atoms with Crippen molar-refractivity contribution >= 4 is 21.6 Å². The predicted molar refractivity (Wildman–Crippen MR) is 96.5 cm³/mol. The molecule has 1 N–H and O–H groups in total. The van der Waals surface area contributed by atoms with E-state index < -0.39 is 15.4 Å². The molecule has 1 aliphatic heterocycles. The molecule has 1 aromatic carbocycles. The average Bonchev–Trinajstić information content (AvgIpc) is 2.57. The summed E-state index contributed by atoms with van der Waals surface area (Å²) in [5, 5.41) is 2.85. The first-order valence-electron chi connectivity index (χ1n) is 8.61. The molecule has 0 bridgehead atoms. The van der Waals surface area contributed by atoms with Gasteiger partial charge in [0.15, 0.2) is 0 Å². The minimum Gasteiger partial charge on any atom is -0.326 e. The molecule has 1 fully saturated rings. The summed E-state index contributed by atoms with van der Waals surface area (Å²) >= 11 is 0. The number of sulfonamides is 1. The number of carbonyl (C=O) groups is 1. The number of nitrogens with one attached hydrogen (secondary N) is 1. The summed E-state index contributed by atoms with van der Waals surface area (Å²) in [5.74, 6) is -0.102. The number of nitrogens with zero attached hydrogens (tertiary/aromatic N) is 1. The Labute approximate surface area is 145 Å². The molecule has 0 aromatic heterocycles. The van der Waals surface area contributed by atoms with Gasteiger partial charge in [0.1, 0.15) is 0 Å². The van der Waals surface area contributed by atoms with Crippen molar-refractivity contribution in [2.45, 2.75) is 58.3 Å². The van der Waals surface area contributed by atoms with Crippen LogP contribution < -0.4 is 5.32 Å². The van der Waals surface area contributed by atoms with Gasteiger partial charge in [0, 0.05) is 24.2 Å². The number of anilines is 1. The zero-order valence-electron chi connectivity index (χ0n) is 15.1. The average molecular weight is 353 g/mol.